The molecular formula is C12H23NO3S. The molecule has 0 fully saturated rings. The molecule has 0 unspecified atom stereocenters. The average molecular weight is 261 g/mol. The molecule has 0 spiro atoms. The molecule has 0 saturated carbocycles. The topological polar surface area (TPSA) is 55.4 Å². The SMILES string of the molecule is CSCCCNC(=O)CCC(=O)OC(C)(C)C. The Labute approximate surface area is 108 Å². The molecule has 100 valence electrons. The van der Waals surface area contributed by atoms with Crippen LogP contribution in [0.4, 0.5) is 0 Å². The van der Waals surface area contributed by atoms with Crippen molar-refractivity contribution in [2.24, 2.45) is 0 Å². The molecule has 0 aromatic rings. The monoisotopic (exact) mass is 261 g/mol. The standard InChI is InChI=1S/C12H23NO3S/c1-12(2,3)16-11(15)7-6-10(14)13-8-5-9-17-4/h5-9H2,1-4H3,(H,13,14). The van der Waals surface area contributed by atoms with Gasteiger partial charge in [-0.05, 0) is 39.2 Å². The maximum atomic E-state index is 11.4. The summed E-state index contributed by atoms with van der Waals surface area (Å²) >= 11 is 1.75. The predicted octanol–water partition coefficient (Wildman–Crippen LogP) is 1.98. The second-order valence-corrected chi connectivity index (χ2v) is 5.77. The second kappa shape index (κ2) is 8.39. The van der Waals surface area contributed by atoms with E-state index in [4.69, 9.17) is 4.74 Å². The lowest BCUT2D eigenvalue weighted by Crippen LogP contribution is -2.27. The summed E-state index contributed by atoms with van der Waals surface area (Å²) in [5, 5.41) is 2.78. The number of esters is 1. The molecule has 1 amide bonds. The summed E-state index contributed by atoms with van der Waals surface area (Å²) in [6.07, 6.45) is 3.34. The zero-order chi connectivity index (χ0) is 13.3. The number of ether oxygens (including phenoxy) is 1. The molecular weight excluding hydrogens is 238 g/mol. The van der Waals surface area contributed by atoms with Gasteiger partial charge in [0, 0.05) is 13.0 Å². The van der Waals surface area contributed by atoms with E-state index in [0.717, 1.165) is 12.2 Å². The molecule has 0 aliphatic rings. The van der Waals surface area contributed by atoms with Crippen LogP contribution in [0.5, 0.6) is 0 Å². The highest BCUT2D eigenvalue weighted by Crippen LogP contribution is 2.08. The molecule has 4 nitrogen and oxygen atoms in total. The number of nitrogens with one attached hydrogen (secondary N) is 1. The van der Waals surface area contributed by atoms with Crippen LogP contribution in [0.2, 0.25) is 0 Å². The van der Waals surface area contributed by atoms with Crippen molar-refractivity contribution in [3.05, 3.63) is 0 Å². The maximum Gasteiger partial charge on any atom is 0.306 e. The molecule has 5 heteroatoms. The Morgan fingerprint density at radius 3 is 2.41 bits per heavy atom. The van der Waals surface area contributed by atoms with Crippen LogP contribution in [0.1, 0.15) is 40.0 Å². The fourth-order valence-corrected chi connectivity index (χ4v) is 1.57. The van der Waals surface area contributed by atoms with Crippen molar-refractivity contribution in [2.45, 2.75) is 45.6 Å². The van der Waals surface area contributed by atoms with Crippen molar-refractivity contribution >= 4 is 23.6 Å². The normalized spacial score (nSPS) is 11.1. The fraction of sp³-hybridized carbons (Fsp3) is 0.833. The lowest BCUT2D eigenvalue weighted by atomic mass is 10.2. The van der Waals surface area contributed by atoms with Gasteiger partial charge < -0.3 is 10.1 Å². The molecule has 0 aliphatic carbocycles. The van der Waals surface area contributed by atoms with E-state index in [0.29, 0.717) is 6.54 Å². The van der Waals surface area contributed by atoms with E-state index in [2.05, 4.69) is 5.32 Å². The quantitative estimate of drug-likeness (QED) is 0.562. The van der Waals surface area contributed by atoms with Crippen LogP contribution >= 0.6 is 11.8 Å². The molecule has 0 aliphatic heterocycles. The highest BCUT2D eigenvalue weighted by atomic mass is 32.2. The van der Waals surface area contributed by atoms with E-state index in [9.17, 15) is 9.59 Å². The third kappa shape index (κ3) is 11.6. The Morgan fingerprint density at radius 2 is 1.88 bits per heavy atom. The van der Waals surface area contributed by atoms with Crippen LogP contribution in [0.25, 0.3) is 0 Å². The Morgan fingerprint density at radius 1 is 1.24 bits per heavy atom. The van der Waals surface area contributed by atoms with E-state index in [1.807, 2.05) is 27.0 Å². The lowest BCUT2D eigenvalue weighted by Gasteiger charge is -2.19. The molecule has 0 aromatic carbocycles. The van der Waals surface area contributed by atoms with Crippen LogP contribution < -0.4 is 5.32 Å². The number of hydrogen-bond donors (Lipinski definition) is 1. The highest BCUT2D eigenvalue weighted by Gasteiger charge is 2.16. The summed E-state index contributed by atoms with van der Waals surface area (Å²) in [6.45, 7) is 6.11. The van der Waals surface area contributed by atoms with E-state index in [1.165, 1.54) is 0 Å². The molecule has 0 bridgehead atoms. The second-order valence-electron chi connectivity index (χ2n) is 4.78. The number of carbonyl (C=O) groups excluding carboxylic acids is 2. The minimum Gasteiger partial charge on any atom is -0.460 e. The number of rotatable bonds is 7. The Hall–Kier alpha value is -0.710. The van der Waals surface area contributed by atoms with Crippen molar-refractivity contribution in [3.8, 4) is 0 Å². The maximum absolute atomic E-state index is 11.4. The molecule has 0 heterocycles. The zero-order valence-corrected chi connectivity index (χ0v) is 12.0. The van der Waals surface area contributed by atoms with Crippen molar-refractivity contribution in [1.29, 1.82) is 0 Å². The summed E-state index contributed by atoms with van der Waals surface area (Å²) < 4.78 is 5.11. The largest absolute Gasteiger partial charge is 0.460 e. The lowest BCUT2D eigenvalue weighted by molar-refractivity contribution is -0.155. The van der Waals surface area contributed by atoms with Crippen LogP contribution in [0, 0.1) is 0 Å². The van der Waals surface area contributed by atoms with Gasteiger partial charge in [0.1, 0.15) is 5.60 Å². The van der Waals surface area contributed by atoms with E-state index < -0.39 is 5.60 Å². The summed E-state index contributed by atoms with van der Waals surface area (Å²) in [6, 6.07) is 0. The number of thioether (sulfide) groups is 1. The predicted molar refractivity (Wildman–Crippen MR) is 71.1 cm³/mol. The van der Waals surface area contributed by atoms with E-state index in [-0.39, 0.29) is 24.7 Å². The van der Waals surface area contributed by atoms with Gasteiger partial charge in [0.05, 0.1) is 6.42 Å². The summed E-state index contributed by atoms with van der Waals surface area (Å²) in [5.41, 5.74) is -0.480. The summed E-state index contributed by atoms with van der Waals surface area (Å²) in [5.74, 6) is 0.625. The minimum atomic E-state index is -0.480. The molecule has 0 radical (unpaired) electrons. The fourth-order valence-electron chi connectivity index (χ4n) is 1.14. The van der Waals surface area contributed by atoms with Crippen molar-refractivity contribution in [2.75, 3.05) is 18.6 Å². The van der Waals surface area contributed by atoms with Gasteiger partial charge in [-0.15, -0.1) is 0 Å². The molecule has 0 aromatic heterocycles. The summed E-state index contributed by atoms with van der Waals surface area (Å²) in [4.78, 5) is 22.7. The first-order valence-electron chi connectivity index (χ1n) is 5.82. The van der Waals surface area contributed by atoms with Gasteiger partial charge in [-0.1, -0.05) is 0 Å². The first-order chi connectivity index (χ1) is 7.85. The molecule has 0 rings (SSSR count). The van der Waals surface area contributed by atoms with Crippen molar-refractivity contribution in [1.82, 2.24) is 5.32 Å². The van der Waals surface area contributed by atoms with E-state index in [1.54, 1.807) is 11.8 Å². The Balaban J connectivity index is 3.59. The molecule has 0 atom stereocenters. The van der Waals surface area contributed by atoms with Crippen molar-refractivity contribution in [3.63, 3.8) is 0 Å². The average Bonchev–Trinajstić information content (AvgIpc) is 2.19. The highest BCUT2D eigenvalue weighted by molar-refractivity contribution is 7.98. The number of amides is 1. The first kappa shape index (κ1) is 16.3. The Kier molecular flexibility index (Phi) is 8.04. The van der Waals surface area contributed by atoms with Crippen molar-refractivity contribution < 1.29 is 14.3 Å². The number of carbonyl (C=O) groups is 2. The van der Waals surface area contributed by atoms with Gasteiger partial charge in [0.15, 0.2) is 0 Å². The molecule has 0 saturated heterocycles. The number of hydrogen-bond acceptors (Lipinski definition) is 4. The zero-order valence-electron chi connectivity index (χ0n) is 11.2. The van der Waals surface area contributed by atoms with Crippen LogP contribution in [-0.2, 0) is 14.3 Å². The van der Waals surface area contributed by atoms with Gasteiger partial charge in [-0.25, -0.2) is 0 Å². The van der Waals surface area contributed by atoms with E-state index >= 15 is 0 Å². The van der Waals surface area contributed by atoms with Gasteiger partial charge in [-0.2, -0.15) is 11.8 Å². The van der Waals surface area contributed by atoms with Gasteiger partial charge in [0.25, 0.3) is 0 Å². The Bertz CT molecular complexity index is 249. The smallest absolute Gasteiger partial charge is 0.306 e. The van der Waals surface area contributed by atoms with Gasteiger partial charge in [0.2, 0.25) is 5.91 Å². The third-order valence-corrected chi connectivity index (χ3v) is 2.52. The first-order valence-corrected chi connectivity index (χ1v) is 7.22. The van der Waals surface area contributed by atoms with Crippen LogP contribution in [-0.4, -0.2) is 36.0 Å². The molecule has 1 N–H and O–H groups in total. The summed E-state index contributed by atoms with van der Waals surface area (Å²) in [7, 11) is 0. The third-order valence-electron chi connectivity index (χ3n) is 1.82. The van der Waals surface area contributed by atoms with Gasteiger partial charge in [-0.3, -0.25) is 9.59 Å². The van der Waals surface area contributed by atoms with Crippen LogP contribution in [0.15, 0.2) is 0 Å². The van der Waals surface area contributed by atoms with Crippen LogP contribution in [0.3, 0.4) is 0 Å². The minimum absolute atomic E-state index is 0.0861. The van der Waals surface area contributed by atoms with Gasteiger partial charge >= 0.3 is 5.97 Å². The molecule has 17 heavy (non-hydrogen) atoms.